The molecule has 1 atom stereocenters. The van der Waals surface area contributed by atoms with E-state index >= 15 is 0 Å². The minimum absolute atomic E-state index is 0.0603. The van der Waals surface area contributed by atoms with Crippen molar-refractivity contribution in [3.8, 4) is 0 Å². The van der Waals surface area contributed by atoms with E-state index in [4.69, 9.17) is 5.73 Å². The van der Waals surface area contributed by atoms with Crippen molar-refractivity contribution in [2.24, 2.45) is 5.73 Å². The highest BCUT2D eigenvalue weighted by atomic mass is 32.2. The van der Waals surface area contributed by atoms with Gasteiger partial charge in [-0.2, -0.15) is 0 Å². The molecule has 0 aliphatic heterocycles. The molecule has 3 nitrogen and oxygen atoms in total. The molecule has 0 heterocycles. The largest absolute Gasteiger partial charge is 0.353 e. The van der Waals surface area contributed by atoms with Crippen LogP contribution in [-0.4, -0.2) is 17.7 Å². The molecule has 18 heavy (non-hydrogen) atoms. The molecular formula is C13H19FN2OS. The van der Waals surface area contributed by atoms with Crippen molar-refractivity contribution < 1.29 is 9.18 Å². The fraction of sp³-hybridized carbons (Fsp3) is 0.462. The van der Waals surface area contributed by atoms with Crippen LogP contribution in [0, 0.1) is 5.82 Å². The highest BCUT2D eigenvalue weighted by molar-refractivity contribution is 8.00. The number of thioether (sulfide) groups is 1. The number of carbonyl (C=O) groups excluding carboxylic acids is 1. The third-order valence-electron chi connectivity index (χ3n) is 2.28. The van der Waals surface area contributed by atoms with E-state index in [1.165, 1.54) is 17.8 Å². The molecule has 5 heteroatoms. The molecule has 0 aliphatic rings. The smallest absolute Gasteiger partial charge is 0.230 e. The third kappa shape index (κ3) is 4.31. The first-order valence-electron chi connectivity index (χ1n) is 5.88. The van der Waals surface area contributed by atoms with Crippen LogP contribution in [0.25, 0.3) is 0 Å². The number of nitrogens with one attached hydrogen (secondary N) is 1. The lowest BCUT2D eigenvalue weighted by molar-refractivity contribution is -0.119. The summed E-state index contributed by atoms with van der Waals surface area (Å²) in [5.74, 6) is -0.115. The number of rotatable bonds is 5. The molecule has 1 amide bonds. The van der Waals surface area contributed by atoms with Crippen LogP contribution < -0.4 is 11.1 Å². The van der Waals surface area contributed by atoms with Crippen LogP contribution in [0.3, 0.4) is 0 Å². The topological polar surface area (TPSA) is 55.1 Å². The molecular weight excluding hydrogens is 251 g/mol. The predicted molar refractivity (Wildman–Crippen MR) is 73.0 cm³/mol. The van der Waals surface area contributed by atoms with Crippen molar-refractivity contribution in [3.63, 3.8) is 0 Å². The Morgan fingerprint density at radius 1 is 1.44 bits per heavy atom. The van der Waals surface area contributed by atoms with E-state index in [2.05, 4.69) is 5.32 Å². The van der Waals surface area contributed by atoms with Crippen LogP contribution in [0.5, 0.6) is 0 Å². The average molecular weight is 270 g/mol. The lowest BCUT2D eigenvalue weighted by atomic mass is 10.1. The second kappa shape index (κ2) is 6.75. The number of halogens is 1. The highest BCUT2D eigenvalue weighted by Crippen LogP contribution is 2.28. The van der Waals surface area contributed by atoms with E-state index in [1.807, 2.05) is 13.8 Å². The summed E-state index contributed by atoms with van der Waals surface area (Å²) in [6.45, 7) is 5.53. The molecule has 0 bridgehead atoms. The average Bonchev–Trinajstić information content (AvgIpc) is 2.24. The van der Waals surface area contributed by atoms with E-state index in [-0.39, 0.29) is 29.6 Å². The molecule has 0 spiro atoms. The van der Waals surface area contributed by atoms with Crippen LogP contribution in [0.1, 0.15) is 32.4 Å². The third-order valence-corrected chi connectivity index (χ3v) is 3.35. The summed E-state index contributed by atoms with van der Waals surface area (Å²) in [5.41, 5.74) is 6.22. The van der Waals surface area contributed by atoms with Gasteiger partial charge in [0, 0.05) is 22.5 Å². The van der Waals surface area contributed by atoms with Crippen molar-refractivity contribution in [3.05, 3.63) is 29.6 Å². The molecule has 100 valence electrons. The van der Waals surface area contributed by atoms with Crippen molar-refractivity contribution in [1.29, 1.82) is 0 Å². The van der Waals surface area contributed by atoms with Crippen molar-refractivity contribution >= 4 is 17.7 Å². The Balaban J connectivity index is 2.73. The van der Waals surface area contributed by atoms with Crippen molar-refractivity contribution in [2.45, 2.75) is 37.8 Å². The maximum atomic E-state index is 13.6. The van der Waals surface area contributed by atoms with Gasteiger partial charge in [-0.05, 0) is 32.9 Å². The number of hydrogen-bond donors (Lipinski definition) is 2. The van der Waals surface area contributed by atoms with Gasteiger partial charge in [-0.3, -0.25) is 4.79 Å². The zero-order valence-electron chi connectivity index (χ0n) is 10.9. The zero-order valence-corrected chi connectivity index (χ0v) is 11.7. The predicted octanol–water partition coefficient (Wildman–Crippen LogP) is 2.46. The van der Waals surface area contributed by atoms with Gasteiger partial charge in [0.15, 0.2) is 0 Å². The van der Waals surface area contributed by atoms with E-state index in [0.29, 0.717) is 5.56 Å². The molecule has 1 rings (SSSR count). The van der Waals surface area contributed by atoms with Gasteiger partial charge < -0.3 is 11.1 Å². The summed E-state index contributed by atoms with van der Waals surface area (Å²) in [6, 6.07) is 4.52. The standard InChI is InChI=1S/C13H19FN2OS/c1-8(2)16-12(17)7-18-11-6-4-5-10(14)13(11)9(3)15/h4-6,8-9H,7,15H2,1-3H3,(H,16,17). The van der Waals surface area contributed by atoms with Crippen LogP contribution >= 0.6 is 11.8 Å². The maximum Gasteiger partial charge on any atom is 0.230 e. The van der Waals surface area contributed by atoms with Gasteiger partial charge >= 0.3 is 0 Å². The summed E-state index contributed by atoms with van der Waals surface area (Å²) >= 11 is 1.31. The van der Waals surface area contributed by atoms with E-state index in [9.17, 15) is 9.18 Å². The Morgan fingerprint density at radius 3 is 2.67 bits per heavy atom. The summed E-state index contributed by atoms with van der Waals surface area (Å²) in [5, 5.41) is 2.79. The van der Waals surface area contributed by atoms with Gasteiger partial charge in [-0.25, -0.2) is 4.39 Å². The first-order chi connectivity index (χ1) is 8.41. The zero-order chi connectivity index (χ0) is 13.7. The lowest BCUT2D eigenvalue weighted by Crippen LogP contribution is -2.31. The minimum atomic E-state index is -0.387. The molecule has 0 radical (unpaired) electrons. The molecule has 0 aliphatic carbocycles. The Bertz CT molecular complexity index is 421. The SMILES string of the molecule is CC(C)NC(=O)CSc1cccc(F)c1C(C)N. The van der Waals surface area contributed by atoms with Crippen molar-refractivity contribution in [2.75, 3.05) is 5.75 Å². The second-order valence-corrected chi connectivity index (χ2v) is 5.47. The number of nitrogens with two attached hydrogens (primary N) is 1. The molecule has 0 saturated carbocycles. The Hall–Kier alpha value is -1.07. The van der Waals surface area contributed by atoms with E-state index in [0.717, 1.165) is 4.90 Å². The number of amides is 1. The Morgan fingerprint density at radius 2 is 2.11 bits per heavy atom. The van der Waals surface area contributed by atoms with E-state index < -0.39 is 0 Å². The van der Waals surface area contributed by atoms with Crippen LogP contribution in [0.2, 0.25) is 0 Å². The highest BCUT2D eigenvalue weighted by Gasteiger charge is 2.14. The first-order valence-corrected chi connectivity index (χ1v) is 6.86. The monoisotopic (exact) mass is 270 g/mol. The molecule has 0 saturated heterocycles. The van der Waals surface area contributed by atoms with E-state index in [1.54, 1.807) is 19.1 Å². The normalized spacial score (nSPS) is 12.6. The number of carbonyl (C=O) groups is 1. The maximum absolute atomic E-state index is 13.6. The van der Waals surface area contributed by atoms with Gasteiger partial charge in [0.2, 0.25) is 5.91 Å². The first kappa shape index (κ1) is 15.0. The van der Waals surface area contributed by atoms with Gasteiger partial charge in [-0.15, -0.1) is 11.8 Å². The molecule has 0 aromatic heterocycles. The van der Waals surface area contributed by atoms with Gasteiger partial charge in [0.25, 0.3) is 0 Å². The Kier molecular flexibility index (Phi) is 5.62. The summed E-state index contributed by atoms with van der Waals surface area (Å²) in [7, 11) is 0. The minimum Gasteiger partial charge on any atom is -0.353 e. The van der Waals surface area contributed by atoms with Gasteiger partial charge in [0.1, 0.15) is 5.82 Å². The summed E-state index contributed by atoms with van der Waals surface area (Å²) in [4.78, 5) is 12.3. The molecule has 3 N–H and O–H groups in total. The number of benzene rings is 1. The van der Waals surface area contributed by atoms with Crippen molar-refractivity contribution in [1.82, 2.24) is 5.32 Å². The fourth-order valence-corrected chi connectivity index (χ4v) is 2.58. The molecule has 1 aromatic carbocycles. The number of hydrogen-bond acceptors (Lipinski definition) is 3. The lowest BCUT2D eigenvalue weighted by Gasteiger charge is -2.13. The van der Waals surface area contributed by atoms with Crippen LogP contribution in [0.4, 0.5) is 4.39 Å². The van der Waals surface area contributed by atoms with Gasteiger partial charge in [-0.1, -0.05) is 6.07 Å². The van der Waals surface area contributed by atoms with Gasteiger partial charge in [0.05, 0.1) is 5.75 Å². The fourth-order valence-electron chi connectivity index (χ4n) is 1.59. The van der Waals surface area contributed by atoms with Crippen LogP contribution in [0.15, 0.2) is 23.1 Å². The quantitative estimate of drug-likeness (QED) is 0.808. The summed E-state index contributed by atoms with van der Waals surface area (Å²) < 4.78 is 13.6. The van der Waals surface area contributed by atoms with Crippen LogP contribution in [-0.2, 0) is 4.79 Å². The molecule has 1 aromatic rings. The second-order valence-electron chi connectivity index (χ2n) is 4.45. The Labute approximate surface area is 111 Å². The molecule has 1 unspecified atom stereocenters. The summed E-state index contributed by atoms with van der Waals surface area (Å²) in [6.07, 6.45) is 0. The molecule has 0 fully saturated rings.